The molecule has 12 rings (SSSR count). The van der Waals surface area contributed by atoms with E-state index in [1.54, 1.807) is 0 Å². The molecule has 8 heteroatoms. The van der Waals surface area contributed by atoms with Crippen LogP contribution in [-0.4, -0.2) is 30.3 Å². The summed E-state index contributed by atoms with van der Waals surface area (Å²) < 4.78 is 0. The van der Waals surface area contributed by atoms with Gasteiger partial charge in [-0.15, -0.1) is 5.69 Å². The maximum Gasteiger partial charge on any atom is 0.127 e. The van der Waals surface area contributed by atoms with Crippen molar-refractivity contribution in [1.29, 1.82) is 0 Å². The van der Waals surface area contributed by atoms with E-state index in [1.165, 1.54) is 44.5 Å². The SMILES string of the molecule is CC.Cc1cc(-c2ccccc2-c2cccc(CCc3c(C(C)C)cccc3C(C)C)n2)c(O)c(C(C)(C)C)c1.Cc1cc(-c2ccccc2-c2cccc(CCc3c(C(C)C)cccc3C(C)C)n2)c(O)c(C(C)(C)C)c1.Cc1cc(-c2ccccc2-c2cccc(C[N-]c3c(C(C)C)cccc3C(C)C)n2)c(O)c(C(C)(C)C)c1.[Hf]. The molecule has 9 aromatic carbocycles. The van der Waals surface area contributed by atoms with Gasteiger partial charge in [-0.05, 0) is 220 Å². The molecule has 0 saturated carbocycles. The Morgan fingerprint density at radius 3 is 0.786 bits per heavy atom. The van der Waals surface area contributed by atoms with Crippen molar-refractivity contribution in [2.24, 2.45) is 0 Å². The molecule has 0 aliphatic carbocycles. The van der Waals surface area contributed by atoms with Gasteiger partial charge >= 0.3 is 0 Å². The van der Waals surface area contributed by atoms with Crippen LogP contribution in [0.3, 0.4) is 0 Å². The molecule has 0 aliphatic rings. The maximum absolute atomic E-state index is 11.4. The first kappa shape index (κ1) is 93.0. The molecule has 0 unspecified atom stereocenters. The summed E-state index contributed by atoms with van der Waals surface area (Å²) in [5.74, 6) is 3.84. The van der Waals surface area contributed by atoms with Gasteiger partial charge in [0.05, 0.1) is 17.1 Å². The van der Waals surface area contributed by atoms with Gasteiger partial charge in [-0.2, -0.15) is 0 Å². The number of rotatable bonds is 21. The van der Waals surface area contributed by atoms with Gasteiger partial charge in [-0.3, -0.25) is 15.0 Å². The summed E-state index contributed by atoms with van der Waals surface area (Å²) >= 11 is 0. The molecule has 0 radical (unpaired) electrons. The monoisotopic (exact) mass is 1730 g/mol. The van der Waals surface area contributed by atoms with E-state index >= 15 is 0 Å². The van der Waals surface area contributed by atoms with Crippen molar-refractivity contribution >= 4 is 5.69 Å². The molecule has 3 N–H and O–H groups in total. The zero-order valence-electron chi connectivity index (χ0n) is 75.4. The number of aryl methyl sites for hydroxylation is 5. The molecule has 0 atom stereocenters. The first-order valence-corrected chi connectivity index (χ1v) is 42.6. The topological polar surface area (TPSA) is 113 Å². The predicted octanol–water partition coefficient (Wildman–Crippen LogP) is 30.7. The Balaban J connectivity index is 0.000000216. The van der Waals surface area contributed by atoms with Gasteiger partial charge in [0.1, 0.15) is 17.2 Å². The second-order valence-corrected chi connectivity index (χ2v) is 36.4. The van der Waals surface area contributed by atoms with Crippen molar-refractivity contribution in [3.05, 3.63) is 319 Å². The van der Waals surface area contributed by atoms with Crippen molar-refractivity contribution in [2.75, 3.05) is 0 Å². The fraction of sp³-hybridized carbons (Fsp3) is 0.367. The van der Waals surface area contributed by atoms with Crippen LogP contribution in [0, 0.1) is 20.8 Å². The summed E-state index contributed by atoms with van der Waals surface area (Å²) in [5, 5.41) is 39.2. The summed E-state index contributed by atoms with van der Waals surface area (Å²) in [6.45, 7) is 57.2. The van der Waals surface area contributed by atoms with E-state index in [0.29, 0.717) is 59.3 Å². The predicted molar refractivity (Wildman–Crippen MR) is 497 cm³/mol. The Hall–Kier alpha value is -9.50. The van der Waals surface area contributed by atoms with Crippen LogP contribution in [0.1, 0.15) is 290 Å². The van der Waals surface area contributed by atoms with Gasteiger partial charge in [0.2, 0.25) is 0 Å². The molecule has 117 heavy (non-hydrogen) atoms. The van der Waals surface area contributed by atoms with E-state index in [-0.39, 0.29) is 42.1 Å². The second-order valence-electron chi connectivity index (χ2n) is 36.4. The Kier molecular flexibility index (Phi) is 32.4. The molecule has 0 spiro atoms. The Labute approximate surface area is 723 Å². The molecular formula is C109H133HfN4O3-. The number of aromatic hydroxyl groups is 3. The number of hydrogen-bond acceptors (Lipinski definition) is 6. The molecule has 0 fully saturated rings. The van der Waals surface area contributed by atoms with Crippen molar-refractivity contribution in [1.82, 2.24) is 15.0 Å². The van der Waals surface area contributed by atoms with Crippen LogP contribution in [0.25, 0.3) is 72.5 Å². The van der Waals surface area contributed by atoms with Crippen LogP contribution in [-0.2, 0) is 74.3 Å². The number of pyridine rings is 3. The summed E-state index contributed by atoms with van der Waals surface area (Å²) in [6.07, 6.45) is 3.74. The van der Waals surface area contributed by atoms with Crippen molar-refractivity contribution < 1.29 is 41.2 Å². The Morgan fingerprint density at radius 1 is 0.282 bits per heavy atom. The third kappa shape index (κ3) is 23.1. The fourth-order valence-electron chi connectivity index (χ4n) is 16.1. The van der Waals surface area contributed by atoms with Crippen LogP contribution in [0.2, 0.25) is 0 Å². The van der Waals surface area contributed by atoms with Crippen molar-refractivity contribution in [3.63, 3.8) is 0 Å². The van der Waals surface area contributed by atoms with Crippen LogP contribution >= 0.6 is 0 Å². The second kappa shape index (κ2) is 40.8. The molecule has 0 aliphatic heterocycles. The zero-order valence-corrected chi connectivity index (χ0v) is 79.0. The zero-order chi connectivity index (χ0) is 84.8. The standard InChI is InChI=1S/2C36H43NO.C35H41N2O.C2H6.Hf/c2*1-23(2)27-16-12-17-28(24(3)4)30(27)20-19-26-13-11-18-34(37-26)31-15-10-9-14-29(31)32-21-25(5)22-33(35(32)38)36(6,7)8;1-22(2)26-16-12-17-27(23(3)4)33(26)36-21-25-13-11-18-32(37-25)29-15-10-9-14-28(29)30-19-24(5)20-31(34(30)38)35(6,7)8;1-2;/h2*9-18,21-24,38H,19-20H2,1-8H3;9-20,22-23H,21H2,1-8H3,(H,37,38);1-2H3;/q;;-1;;. The molecule has 3 aromatic heterocycles. The van der Waals surface area contributed by atoms with Crippen molar-refractivity contribution in [3.8, 4) is 84.4 Å². The van der Waals surface area contributed by atoms with Crippen molar-refractivity contribution in [2.45, 2.75) is 264 Å². The normalized spacial score (nSPS) is 11.7. The molecule has 612 valence electrons. The Morgan fingerprint density at radius 2 is 0.521 bits per heavy atom. The van der Waals surface area contributed by atoms with Gasteiger partial charge in [0, 0.05) is 93.0 Å². The van der Waals surface area contributed by atoms with E-state index in [2.05, 4.69) is 348 Å². The fourth-order valence-corrected chi connectivity index (χ4v) is 16.1. The number of phenolic OH excluding ortho intramolecular Hbond substituents is 3. The maximum atomic E-state index is 11.4. The number of benzene rings is 9. The molecule has 0 saturated heterocycles. The third-order valence-electron chi connectivity index (χ3n) is 22.1. The minimum atomic E-state index is -0.166. The van der Waals surface area contributed by atoms with Crippen LogP contribution in [0.4, 0.5) is 5.69 Å². The molecule has 0 bridgehead atoms. The van der Waals surface area contributed by atoms with Gasteiger partial charge in [0.15, 0.2) is 0 Å². The molecule has 7 nitrogen and oxygen atoms in total. The third-order valence-corrected chi connectivity index (χ3v) is 22.1. The molecule has 12 aromatic rings. The van der Waals surface area contributed by atoms with Crippen LogP contribution < -0.4 is 0 Å². The molecular weight excluding hydrogens is 1590 g/mol. The minimum absolute atomic E-state index is 0. The number of para-hydroxylation sites is 1. The molecule has 3 heterocycles. The quantitative estimate of drug-likeness (QED) is 0.0618. The first-order chi connectivity index (χ1) is 54.9. The number of aromatic nitrogens is 3. The van der Waals surface area contributed by atoms with E-state index < -0.39 is 0 Å². The summed E-state index contributed by atoms with van der Waals surface area (Å²) in [4.78, 5) is 15.3. The summed E-state index contributed by atoms with van der Waals surface area (Å²) in [7, 11) is 0. The molecule has 0 amide bonds. The van der Waals surface area contributed by atoms with E-state index in [4.69, 9.17) is 20.3 Å². The van der Waals surface area contributed by atoms with E-state index in [0.717, 1.165) is 149 Å². The summed E-state index contributed by atoms with van der Waals surface area (Å²) in [6, 6.07) is 76.2. The number of nitrogens with zero attached hydrogens (tertiary/aromatic N) is 4. The Bertz CT molecular complexity index is 4720. The average Bonchev–Trinajstić information content (AvgIpc) is 0.776. The number of hydrogen-bond donors (Lipinski definition) is 3. The minimum Gasteiger partial charge on any atom is -0.679 e. The average molecular weight is 1730 g/mol. The largest absolute Gasteiger partial charge is 0.679 e. The van der Waals surface area contributed by atoms with Gasteiger partial charge in [0.25, 0.3) is 0 Å². The van der Waals surface area contributed by atoms with Crippen LogP contribution in [0.5, 0.6) is 17.2 Å². The van der Waals surface area contributed by atoms with Gasteiger partial charge in [-0.25, -0.2) is 0 Å². The number of phenols is 3. The summed E-state index contributed by atoms with van der Waals surface area (Å²) in [5.41, 5.74) is 32.8. The smallest absolute Gasteiger partial charge is 0.127 e. The van der Waals surface area contributed by atoms with E-state index in [1.807, 2.05) is 50.2 Å². The van der Waals surface area contributed by atoms with E-state index in [9.17, 15) is 15.3 Å². The van der Waals surface area contributed by atoms with Gasteiger partial charge in [-0.1, -0.05) is 341 Å². The first-order valence-electron chi connectivity index (χ1n) is 42.6. The van der Waals surface area contributed by atoms with Gasteiger partial charge < -0.3 is 20.6 Å². The van der Waals surface area contributed by atoms with Crippen LogP contribution in [0.15, 0.2) is 218 Å².